The van der Waals surface area contributed by atoms with Gasteiger partial charge in [0.05, 0.1) is 0 Å². The summed E-state index contributed by atoms with van der Waals surface area (Å²) in [6.07, 6.45) is -0.552. The Bertz CT molecular complexity index is 601. The Morgan fingerprint density at radius 1 is 1.18 bits per heavy atom. The molecule has 0 amide bonds. The highest BCUT2D eigenvalue weighted by Gasteiger charge is 2.10. The first-order chi connectivity index (χ1) is 10.6. The van der Waals surface area contributed by atoms with Gasteiger partial charge in [-0.2, -0.15) is 0 Å². The number of aryl methyl sites for hydroxylation is 1. The second-order valence-electron chi connectivity index (χ2n) is 5.46. The molecule has 0 aliphatic carbocycles. The van der Waals surface area contributed by atoms with Crippen molar-refractivity contribution in [3.05, 3.63) is 54.1 Å². The number of nitrogens with one attached hydrogen (secondary N) is 1. The highest BCUT2D eigenvalue weighted by atomic mass is 16.5. The second-order valence-corrected chi connectivity index (χ2v) is 5.46. The molecular weight excluding hydrogens is 276 g/mol. The number of hydrogen-bond acceptors (Lipinski definition) is 4. The zero-order valence-electron chi connectivity index (χ0n) is 13.4. The molecule has 22 heavy (non-hydrogen) atoms. The Morgan fingerprint density at radius 3 is 2.68 bits per heavy atom. The van der Waals surface area contributed by atoms with E-state index in [1.54, 1.807) is 0 Å². The number of benzene rings is 2. The van der Waals surface area contributed by atoms with E-state index in [0.717, 1.165) is 17.1 Å². The van der Waals surface area contributed by atoms with E-state index in [1.165, 1.54) is 5.56 Å². The SMILES string of the molecule is CNc1cccc(OCC(O)CN(C)c2cccc(C)c2)c1. The van der Waals surface area contributed by atoms with Gasteiger partial charge in [0, 0.05) is 38.1 Å². The molecular formula is C18H24N2O2. The van der Waals surface area contributed by atoms with Gasteiger partial charge in [0.2, 0.25) is 0 Å². The first-order valence-electron chi connectivity index (χ1n) is 7.45. The molecule has 4 nitrogen and oxygen atoms in total. The molecule has 0 spiro atoms. The van der Waals surface area contributed by atoms with Crippen molar-refractivity contribution in [2.45, 2.75) is 13.0 Å². The lowest BCUT2D eigenvalue weighted by Gasteiger charge is -2.23. The van der Waals surface area contributed by atoms with Crippen LogP contribution in [0.25, 0.3) is 0 Å². The minimum absolute atomic E-state index is 0.267. The van der Waals surface area contributed by atoms with Crippen LogP contribution in [0.2, 0.25) is 0 Å². The van der Waals surface area contributed by atoms with E-state index in [1.807, 2.05) is 55.4 Å². The molecule has 0 bridgehead atoms. The zero-order valence-corrected chi connectivity index (χ0v) is 13.4. The van der Waals surface area contributed by atoms with E-state index < -0.39 is 6.10 Å². The first kappa shape index (κ1) is 16.2. The summed E-state index contributed by atoms with van der Waals surface area (Å²) in [4.78, 5) is 2.03. The third-order valence-electron chi connectivity index (χ3n) is 3.49. The van der Waals surface area contributed by atoms with Crippen molar-refractivity contribution in [1.82, 2.24) is 0 Å². The van der Waals surface area contributed by atoms with Gasteiger partial charge < -0.3 is 20.1 Å². The summed E-state index contributed by atoms with van der Waals surface area (Å²) in [6, 6.07) is 15.9. The lowest BCUT2D eigenvalue weighted by Crippen LogP contribution is -2.33. The quantitative estimate of drug-likeness (QED) is 0.825. The molecule has 0 saturated heterocycles. The Hall–Kier alpha value is -2.20. The summed E-state index contributed by atoms with van der Waals surface area (Å²) in [5.74, 6) is 0.754. The summed E-state index contributed by atoms with van der Waals surface area (Å²) in [5, 5.41) is 13.2. The molecule has 0 saturated carbocycles. The van der Waals surface area contributed by atoms with Crippen molar-refractivity contribution in [3.8, 4) is 5.75 Å². The van der Waals surface area contributed by atoms with E-state index in [-0.39, 0.29) is 6.61 Å². The minimum atomic E-state index is -0.552. The first-order valence-corrected chi connectivity index (χ1v) is 7.45. The maximum atomic E-state index is 10.2. The van der Waals surface area contributed by atoms with Crippen molar-refractivity contribution < 1.29 is 9.84 Å². The summed E-state index contributed by atoms with van der Waals surface area (Å²) in [7, 11) is 3.84. The Kier molecular flexibility index (Phi) is 5.67. The van der Waals surface area contributed by atoms with Gasteiger partial charge in [-0.05, 0) is 36.8 Å². The van der Waals surface area contributed by atoms with Crippen LogP contribution < -0.4 is 15.0 Å². The van der Waals surface area contributed by atoms with Gasteiger partial charge in [0.1, 0.15) is 18.5 Å². The third-order valence-corrected chi connectivity index (χ3v) is 3.49. The molecule has 0 aliphatic heterocycles. The number of rotatable bonds is 7. The fourth-order valence-electron chi connectivity index (χ4n) is 2.27. The van der Waals surface area contributed by atoms with Gasteiger partial charge >= 0.3 is 0 Å². The molecule has 118 valence electrons. The minimum Gasteiger partial charge on any atom is -0.491 e. The lowest BCUT2D eigenvalue weighted by molar-refractivity contribution is 0.113. The summed E-state index contributed by atoms with van der Waals surface area (Å²) >= 11 is 0. The van der Waals surface area contributed by atoms with Crippen LogP contribution in [0, 0.1) is 6.92 Å². The van der Waals surface area contributed by atoms with Gasteiger partial charge in [0.15, 0.2) is 0 Å². The number of likely N-dealkylation sites (N-methyl/N-ethyl adjacent to an activating group) is 1. The smallest absolute Gasteiger partial charge is 0.121 e. The average Bonchev–Trinajstić information content (AvgIpc) is 2.53. The molecule has 0 heterocycles. The molecule has 2 aromatic rings. The van der Waals surface area contributed by atoms with Crippen LogP contribution in [-0.4, -0.2) is 38.5 Å². The largest absolute Gasteiger partial charge is 0.491 e. The van der Waals surface area contributed by atoms with Crippen LogP contribution in [0.3, 0.4) is 0 Å². The van der Waals surface area contributed by atoms with Crippen molar-refractivity contribution in [1.29, 1.82) is 0 Å². The second kappa shape index (κ2) is 7.71. The highest BCUT2D eigenvalue weighted by molar-refractivity contribution is 5.48. The van der Waals surface area contributed by atoms with E-state index in [4.69, 9.17) is 4.74 Å². The summed E-state index contributed by atoms with van der Waals surface area (Å²) in [5.41, 5.74) is 3.29. The fourth-order valence-corrected chi connectivity index (χ4v) is 2.27. The average molecular weight is 300 g/mol. The molecule has 2 aromatic carbocycles. The zero-order chi connectivity index (χ0) is 15.9. The van der Waals surface area contributed by atoms with Gasteiger partial charge in [-0.3, -0.25) is 0 Å². The maximum absolute atomic E-state index is 10.2. The third kappa shape index (κ3) is 4.67. The van der Waals surface area contributed by atoms with Gasteiger partial charge in [-0.15, -0.1) is 0 Å². The van der Waals surface area contributed by atoms with Crippen molar-refractivity contribution >= 4 is 11.4 Å². The lowest BCUT2D eigenvalue weighted by atomic mass is 10.2. The van der Waals surface area contributed by atoms with Crippen molar-refractivity contribution in [3.63, 3.8) is 0 Å². The van der Waals surface area contributed by atoms with E-state index in [0.29, 0.717) is 6.54 Å². The summed E-state index contributed by atoms with van der Waals surface area (Å²) < 4.78 is 5.65. The topological polar surface area (TPSA) is 44.7 Å². The monoisotopic (exact) mass is 300 g/mol. The Balaban J connectivity index is 1.85. The Labute approximate surface area is 132 Å². The summed E-state index contributed by atoms with van der Waals surface area (Å²) in [6.45, 7) is 2.85. The van der Waals surface area contributed by atoms with Crippen molar-refractivity contribution in [2.24, 2.45) is 0 Å². The number of aliphatic hydroxyl groups is 1. The normalized spacial score (nSPS) is 11.8. The molecule has 0 aliphatic rings. The molecule has 0 aromatic heterocycles. The molecule has 1 unspecified atom stereocenters. The van der Waals surface area contributed by atoms with Crippen LogP contribution in [0.5, 0.6) is 5.75 Å². The van der Waals surface area contributed by atoms with E-state index in [2.05, 4.69) is 24.4 Å². The van der Waals surface area contributed by atoms with Crippen LogP contribution >= 0.6 is 0 Å². The van der Waals surface area contributed by atoms with Gasteiger partial charge in [0.25, 0.3) is 0 Å². The number of nitrogens with zero attached hydrogens (tertiary/aromatic N) is 1. The molecule has 0 radical (unpaired) electrons. The molecule has 2 rings (SSSR count). The molecule has 0 fully saturated rings. The van der Waals surface area contributed by atoms with Crippen LogP contribution in [0.1, 0.15) is 5.56 Å². The van der Waals surface area contributed by atoms with Crippen LogP contribution in [-0.2, 0) is 0 Å². The predicted octanol–water partition coefficient (Wildman–Crippen LogP) is 2.91. The molecule has 4 heteroatoms. The number of hydrogen-bond donors (Lipinski definition) is 2. The van der Waals surface area contributed by atoms with Gasteiger partial charge in [-0.1, -0.05) is 18.2 Å². The highest BCUT2D eigenvalue weighted by Crippen LogP contribution is 2.18. The molecule has 2 N–H and O–H groups in total. The number of anilines is 2. The van der Waals surface area contributed by atoms with Gasteiger partial charge in [-0.25, -0.2) is 0 Å². The molecule has 1 atom stereocenters. The number of aliphatic hydroxyl groups excluding tert-OH is 1. The van der Waals surface area contributed by atoms with Crippen LogP contribution in [0.4, 0.5) is 11.4 Å². The van der Waals surface area contributed by atoms with E-state index >= 15 is 0 Å². The number of ether oxygens (including phenoxy) is 1. The van der Waals surface area contributed by atoms with Crippen molar-refractivity contribution in [2.75, 3.05) is 37.5 Å². The Morgan fingerprint density at radius 2 is 1.95 bits per heavy atom. The van der Waals surface area contributed by atoms with Crippen LogP contribution in [0.15, 0.2) is 48.5 Å². The van der Waals surface area contributed by atoms with E-state index in [9.17, 15) is 5.11 Å². The fraction of sp³-hybridized carbons (Fsp3) is 0.333. The predicted molar refractivity (Wildman–Crippen MR) is 91.9 cm³/mol. The standard InChI is InChI=1S/C18H24N2O2/c1-14-6-4-8-16(10-14)20(3)12-17(21)13-22-18-9-5-7-15(11-18)19-2/h4-11,17,19,21H,12-13H2,1-3H3. The maximum Gasteiger partial charge on any atom is 0.121 e.